The van der Waals surface area contributed by atoms with Gasteiger partial charge in [-0.15, -0.1) is 0 Å². The molecule has 0 radical (unpaired) electrons. The van der Waals surface area contributed by atoms with Gasteiger partial charge in [0.1, 0.15) is 12.6 Å². The lowest BCUT2D eigenvalue weighted by Crippen LogP contribution is -2.53. The van der Waals surface area contributed by atoms with Crippen molar-refractivity contribution in [3.63, 3.8) is 0 Å². The zero-order chi connectivity index (χ0) is 34.4. The summed E-state index contributed by atoms with van der Waals surface area (Å²) in [7, 11) is 1.22. The molecule has 0 fully saturated rings. The van der Waals surface area contributed by atoms with E-state index in [-0.39, 0.29) is 56.0 Å². The maximum Gasteiger partial charge on any atom is 0.325 e. The molecule has 4 N–H and O–H groups in total. The number of nitrogens with two attached hydrogens (primary N) is 1. The van der Waals surface area contributed by atoms with Gasteiger partial charge in [0.25, 0.3) is 0 Å². The molecule has 4 amide bonds. The van der Waals surface area contributed by atoms with Crippen LogP contribution in [-0.4, -0.2) is 66.7 Å². The number of aliphatic imine (C=N–C) groups is 1. The molecule has 46 heavy (non-hydrogen) atoms. The number of unbranched alkanes of at least 4 members (excludes halogenated alkanes) is 14. The zero-order valence-corrected chi connectivity index (χ0v) is 29.5. The molecule has 1 atom stereocenters. The number of nitrogens with one attached hydrogen (secondary N) is 2. The molecule has 0 spiro atoms. The number of amides is 4. The lowest BCUT2D eigenvalue weighted by atomic mass is 10.0. The highest BCUT2D eigenvalue weighted by molar-refractivity contribution is 6.01. The summed E-state index contributed by atoms with van der Waals surface area (Å²) in [5.41, 5.74) is 5.93. The molecule has 266 valence electrons. The number of carbonyl (C=O) groups is 5. The molecule has 0 aromatic rings. The minimum Gasteiger partial charge on any atom is -0.468 e. The second kappa shape index (κ2) is 29.4. The van der Waals surface area contributed by atoms with Gasteiger partial charge >= 0.3 is 5.97 Å². The standard InChI is InChI=1S/C35H65N5O6/c1-5-8-11-13-15-17-20-24-30(41)39-35(36)37-27-22-23-29(34(45)38-28-33(44)46-4)40(31(42)25-19-10-7-3)32(43)26-21-18-16-14-12-9-6-2/h29H,5-28H2,1-4H3,(H,38,45)(H3,36,37,39,41)/t29-/m0/s1. The number of carbonyl (C=O) groups excluding carboxylic acids is 5. The Balaban J connectivity index is 5.34. The van der Waals surface area contributed by atoms with Gasteiger partial charge in [0, 0.05) is 25.8 Å². The van der Waals surface area contributed by atoms with Crippen LogP contribution in [0.4, 0.5) is 0 Å². The predicted octanol–water partition coefficient (Wildman–Crippen LogP) is 6.07. The first-order valence-corrected chi connectivity index (χ1v) is 18.0. The van der Waals surface area contributed by atoms with E-state index in [1.165, 1.54) is 52.1 Å². The van der Waals surface area contributed by atoms with E-state index in [1.54, 1.807) is 0 Å². The Labute approximate surface area is 278 Å². The Morgan fingerprint density at radius 2 is 1.13 bits per heavy atom. The number of rotatable bonds is 28. The smallest absolute Gasteiger partial charge is 0.325 e. The second-order valence-corrected chi connectivity index (χ2v) is 12.1. The highest BCUT2D eigenvalue weighted by Gasteiger charge is 2.34. The molecule has 11 heteroatoms. The summed E-state index contributed by atoms with van der Waals surface area (Å²) in [5.74, 6) is -2.18. The van der Waals surface area contributed by atoms with Gasteiger partial charge in [0.05, 0.1) is 7.11 Å². The Morgan fingerprint density at radius 3 is 1.65 bits per heavy atom. The minimum atomic E-state index is -1.10. The van der Waals surface area contributed by atoms with Gasteiger partial charge in [-0.05, 0) is 32.1 Å². The molecular weight excluding hydrogens is 586 g/mol. The summed E-state index contributed by atoms with van der Waals surface area (Å²) >= 11 is 0. The molecule has 0 heterocycles. The maximum absolute atomic E-state index is 13.5. The van der Waals surface area contributed by atoms with Crippen molar-refractivity contribution in [1.82, 2.24) is 15.5 Å². The molecule has 0 unspecified atom stereocenters. The van der Waals surface area contributed by atoms with Crippen LogP contribution >= 0.6 is 0 Å². The molecule has 0 saturated heterocycles. The third-order valence-electron chi connectivity index (χ3n) is 7.97. The topological polar surface area (TPSA) is 160 Å². The number of guanidine groups is 1. The molecule has 0 aromatic heterocycles. The normalized spacial score (nSPS) is 12.0. The minimum absolute atomic E-state index is 0.00199. The van der Waals surface area contributed by atoms with Crippen LogP contribution in [0.1, 0.15) is 162 Å². The van der Waals surface area contributed by atoms with Crippen LogP contribution in [0.15, 0.2) is 4.99 Å². The summed E-state index contributed by atoms with van der Waals surface area (Å²) in [5, 5.41) is 5.14. The first kappa shape index (κ1) is 43.0. The molecule has 0 aliphatic rings. The van der Waals surface area contributed by atoms with Crippen LogP contribution in [0.3, 0.4) is 0 Å². The van der Waals surface area contributed by atoms with E-state index in [1.807, 2.05) is 6.92 Å². The van der Waals surface area contributed by atoms with Crippen LogP contribution in [0.25, 0.3) is 0 Å². The van der Waals surface area contributed by atoms with E-state index in [9.17, 15) is 24.0 Å². The fourth-order valence-electron chi connectivity index (χ4n) is 5.19. The quantitative estimate of drug-likeness (QED) is 0.0400. The average Bonchev–Trinajstić information content (AvgIpc) is 3.03. The van der Waals surface area contributed by atoms with Gasteiger partial charge in [-0.2, -0.15) is 0 Å². The number of hydrogen-bond donors (Lipinski definition) is 3. The van der Waals surface area contributed by atoms with Gasteiger partial charge in [-0.3, -0.25) is 39.2 Å². The Morgan fingerprint density at radius 1 is 0.674 bits per heavy atom. The zero-order valence-electron chi connectivity index (χ0n) is 29.5. The van der Waals surface area contributed by atoms with Crippen LogP contribution in [-0.2, 0) is 28.7 Å². The number of esters is 1. The van der Waals surface area contributed by atoms with Gasteiger partial charge < -0.3 is 15.8 Å². The number of nitrogens with zero attached hydrogens (tertiary/aromatic N) is 2. The average molecular weight is 652 g/mol. The van der Waals surface area contributed by atoms with E-state index < -0.39 is 17.9 Å². The van der Waals surface area contributed by atoms with Gasteiger partial charge in [-0.25, -0.2) is 0 Å². The summed E-state index contributed by atoms with van der Waals surface area (Å²) in [6.07, 6.45) is 18.5. The lowest BCUT2D eigenvalue weighted by molar-refractivity contribution is -0.153. The molecule has 0 rings (SSSR count). The van der Waals surface area contributed by atoms with Crippen molar-refractivity contribution in [1.29, 1.82) is 0 Å². The molecule has 0 aromatic carbocycles. The van der Waals surface area contributed by atoms with Crippen molar-refractivity contribution in [2.75, 3.05) is 20.2 Å². The molecule has 0 bridgehead atoms. The molecule has 11 nitrogen and oxygen atoms in total. The molecule has 0 aliphatic heterocycles. The third kappa shape index (κ3) is 22.5. The fourth-order valence-corrected chi connectivity index (χ4v) is 5.19. The molecule has 0 aliphatic carbocycles. The van der Waals surface area contributed by atoms with Crippen molar-refractivity contribution in [2.45, 2.75) is 168 Å². The van der Waals surface area contributed by atoms with Crippen molar-refractivity contribution < 1.29 is 28.7 Å². The first-order valence-electron chi connectivity index (χ1n) is 18.0. The third-order valence-corrected chi connectivity index (χ3v) is 7.97. The Hall–Kier alpha value is -2.98. The SMILES string of the molecule is CCCCCCCCCC(=O)NC(N)=NCCC[C@@H](C(=O)NCC(=O)OC)N(C(=O)CCCCC)C(=O)CCCCCCCCC. The van der Waals surface area contributed by atoms with E-state index in [2.05, 4.69) is 34.2 Å². The van der Waals surface area contributed by atoms with Crippen molar-refractivity contribution >= 4 is 35.6 Å². The van der Waals surface area contributed by atoms with E-state index >= 15 is 0 Å². The van der Waals surface area contributed by atoms with Gasteiger partial charge in [0.15, 0.2) is 5.96 Å². The number of hydrogen-bond acceptors (Lipinski definition) is 7. The van der Waals surface area contributed by atoms with Crippen LogP contribution in [0.2, 0.25) is 0 Å². The highest BCUT2D eigenvalue weighted by Crippen LogP contribution is 2.17. The lowest BCUT2D eigenvalue weighted by Gasteiger charge is -2.29. The predicted molar refractivity (Wildman–Crippen MR) is 184 cm³/mol. The van der Waals surface area contributed by atoms with Gasteiger partial charge in [-0.1, -0.05) is 111 Å². The fraction of sp³-hybridized carbons (Fsp3) is 0.829. The van der Waals surface area contributed by atoms with Gasteiger partial charge in [0.2, 0.25) is 23.6 Å². The van der Waals surface area contributed by atoms with E-state index in [0.717, 1.165) is 56.3 Å². The maximum atomic E-state index is 13.5. The summed E-state index contributed by atoms with van der Waals surface area (Å²) in [6.45, 7) is 6.20. The Kier molecular flexibility index (Phi) is 27.5. The summed E-state index contributed by atoms with van der Waals surface area (Å²) < 4.78 is 4.64. The van der Waals surface area contributed by atoms with E-state index in [0.29, 0.717) is 25.7 Å². The number of imide groups is 1. The highest BCUT2D eigenvalue weighted by atomic mass is 16.5. The largest absolute Gasteiger partial charge is 0.468 e. The van der Waals surface area contributed by atoms with E-state index in [4.69, 9.17) is 5.73 Å². The van der Waals surface area contributed by atoms with Crippen LogP contribution in [0, 0.1) is 0 Å². The summed E-state index contributed by atoms with van der Waals surface area (Å²) in [6, 6.07) is -1.10. The Bertz CT molecular complexity index is 895. The number of ether oxygens (including phenoxy) is 1. The second-order valence-electron chi connectivity index (χ2n) is 12.1. The van der Waals surface area contributed by atoms with Crippen LogP contribution < -0.4 is 16.4 Å². The van der Waals surface area contributed by atoms with Crippen molar-refractivity contribution in [3.8, 4) is 0 Å². The molecular formula is C35H65N5O6. The van der Waals surface area contributed by atoms with Crippen LogP contribution in [0.5, 0.6) is 0 Å². The first-order chi connectivity index (χ1) is 22.2. The number of methoxy groups -OCH3 is 1. The van der Waals surface area contributed by atoms with Crippen molar-refractivity contribution in [3.05, 3.63) is 0 Å². The summed E-state index contributed by atoms with van der Waals surface area (Å²) in [4.78, 5) is 69.5. The monoisotopic (exact) mass is 651 g/mol. The van der Waals surface area contributed by atoms with Crippen molar-refractivity contribution in [2.24, 2.45) is 10.7 Å². The molecule has 0 saturated carbocycles.